The third-order valence-corrected chi connectivity index (χ3v) is 7.38. The lowest BCUT2D eigenvalue weighted by atomic mass is 9.65. The van der Waals surface area contributed by atoms with Crippen LogP contribution >= 0.6 is 0 Å². The number of rotatable bonds is 8. The number of unbranched alkanes of at least 4 members (excludes halogenated alkanes) is 1. The molecule has 1 amide bonds. The maximum absolute atomic E-state index is 12.9. The van der Waals surface area contributed by atoms with Crippen molar-refractivity contribution in [3.63, 3.8) is 0 Å². The van der Waals surface area contributed by atoms with Crippen LogP contribution in [0.1, 0.15) is 47.9 Å². The van der Waals surface area contributed by atoms with Crippen molar-refractivity contribution < 1.29 is 38.7 Å². The molecule has 0 saturated carbocycles. The van der Waals surface area contributed by atoms with E-state index in [4.69, 9.17) is 29.4 Å². The van der Waals surface area contributed by atoms with Crippen molar-refractivity contribution in [2.24, 2.45) is 17.6 Å². The maximum Gasteiger partial charge on any atom is 0.231 e. The number of phenolic OH excluding ortho intramolecular Hbond substituents is 1. The Morgan fingerprint density at radius 2 is 1.75 bits per heavy atom. The molecule has 2 heterocycles. The minimum absolute atomic E-state index is 0.0800. The number of hydrogen-bond acceptors (Lipinski definition) is 9. The molecule has 0 spiro atoms. The summed E-state index contributed by atoms with van der Waals surface area (Å²) in [5.74, 6) is 0.583. The minimum atomic E-state index is -1.05. The van der Waals surface area contributed by atoms with E-state index < -0.39 is 6.29 Å². The number of ether oxygens (including phenoxy) is 5. The standard InChI is InChI=1S/C26H32N2O8/c1-32-19-7-13(8-20(33-2)25(19)30)22-14-9-17-18(36-12-35-17)10-15(14)24(16-11-34-26(31)23(16)22)28-21(29)5-3-4-6-27/h7-10,16,22-24,26,30-31H,3-6,11-12,27H2,1-2H3,(H,28,29)/t16-,22+,23-,24+,26?/m0/s1. The first kappa shape index (κ1) is 24.5. The Morgan fingerprint density at radius 3 is 2.39 bits per heavy atom. The molecule has 5 N–H and O–H groups in total. The van der Waals surface area contributed by atoms with Gasteiger partial charge >= 0.3 is 0 Å². The zero-order valence-corrected chi connectivity index (χ0v) is 20.4. The Kier molecular flexibility index (Phi) is 6.83. The lowest BCUT2D eigenvalue weighted by molar-refractivity contribution is -0.122. The van der Waals surface area contributed by atoms with E-state index in [0.717, 1.165) is 23.1 Å². The molecule has 2 aliphatic heterocycles. The molecular weight excluding hydrogens is 468 g/mol. The maximum atomic E-state index is 12.9. The molecule has 194 valence electrons. The summed E-state index contributed by atoms with van der Waals surface area (Å²) in [5, 5.41) is 24.7. The second kappa shape index (κ2) is 10.0. The Labute approximate surface area is 209 Å². The van der Waals surface area contributed by atoms with E-state index in [2.05, 4.69) is 5.32 Å². The van der Waals surface area contributed by atoms with Crippen LogP contribution in [-0.4, -0.2) is 56.6 Å². The van der Waals surface area contributed by atoms with Crippen LogP contribution in [0.5, 0.6) is 28.7 Å². The molecule has 1 aliphatic carbocycles. The average molecular weight is 501 g/mol. The second-order valence-corrected chi connectivity index (χ2v) is 9.34. The van der Waals surface area contributed by atoms with Crippen molar-refractivity contribution in [2.75, 3.05) is 34.2 Å². The van der Waals surface area contributed by atoms with E-state index in [9.17, 15) is 15.0 Å². The molecule has 10 nitrogen and oxygen atoms in total. The zero-order valence-electron chi connectivity index (χ0n) is 20.4. The molecule has 0 bridgehead atoms. The number of aliphatic hydroxyl groups excluding tert-OH is 1. The van der Waals surface area contributed by atoms with Crippen molar-refractivity contribution in [2.45, 2.75) is 37.5 Å². The number of methoxy groups -OCH3 is 2. The highest BCUT2D eigenvalue weighted by molar-refractivity contribution is 5.77. The van der Waals surface area contributed by atoms with Crippen LogP contribution in [0.25, 0.3) is 0 Å². The van der Waals surface area contributed by atoms with Gasteiger partial charge in [0.05, 0.1) is 26.9 Å². The number of fused-ring (bicyclic) bond motifs is 3. The summed E-state index contributed by atoms with van der Waals surface area (Å²) >= 11 is 0. The Balaban J connectivity index is 1.63. The minimum Gasteiger partial charge on any atom is -0.502 e. The number of hydrogen-bond donors (Lipinski definition) is 4. The summed E-state index contributed by atoms with van der Waals surface area (Å²) in [4.78, 5) is 12.9. The van der Waals surface area contributed by atoms with Crippen molar-refractivity contribution >= 4 is 5.91 Å². The van der Waals surface area contributed by atoms with Gasteiger partial charge in [0.15, 0.2) is 29.3 Å². The summed E-state index contributed by atoms with van der Waals surface area (Å²) in [7, 11) is 2.94. The summed E-state index contributed by atoms with van der Waals surface area (Å²) in [5.41, 5.74) is 8.10. The van der Waals surface area contributed by atoms with E-state index in [1.807, 2.05) is 12.1 Å². The second-order valence-electron chi connectivity index (χ2n) is 9.34. The number of aliphatic hydroxyl groups is 1. The fourth-order valence-corrected chi connectivity index (χ4v) is 5.68. The fourth-order valence-electron chi connectivity index (χ4n) is 5.68. The average Bonchev–Trinajstić information content (AvgIpc) is 3.49. The molecule has 1 fully saturated rings. The predicted molar refractivity (Wildman–Crippen MR) is 128 cm³/mol. The van der Waals surface area contributed by atoms with Gasteiger partial charge in [-0.25, -0.2) is 0 Å². The first-order chi connectivity index (χ1) is 17.5. The van der Waals surface area contributed by atoms with Crippen LogP contribution in [0.3, 0.4) is 0 Å². The molecule has 2 aromatic rings. The van der Waals surface area contributed by atoms with E-state index in [0.29, 0.717) is 30.9 Å². The number of amides is 1. The molecule has 2 aromatic carbocycles. The van der Waals surface area contributed by atoms with Crippen LogP contribution in [0.4, 0.5) is 0 Å². The smallest absolute Gasteiger partial charge is 0.231 e. The summed E-state index contributed by atoms with van der Waals surface area (Å²) in [6.07, 6.45) is 0.783. The lowest BCUT2D eigenvalue weighted by Crippen LogP contribution is -2.43. The number of nitrogens with one attached hydrogen (secondary N) is 1. The molecule has 1 unspecified atom stereocenters. The third-order valence-electron chi connectivity index (χ3n) is 7.38. The molecule has 10 heteroatoms. The van der Waals surface area contributed by atoms with Gasteiger partial charge in [-0.15, -0.1) is 0 Å². The van der Waals surface area contributed by atoms with Gasteiger partial charge in [0, 0.05) is 24.2 Å². The topological polar surface area (TPSA) is 142 Å². The molecular formula is C26H32N2O8. The van der Waals surface area contributed by atoms with Crippen molar-refractivity contribution in [3.8, 4) is 28.7 Å². The van der Waals surface area contributed by atoms with Crippen LogP contribution in [0.15, 0.2) is 24.3 Å². The van der Waals surface area contributed by atoms with Gasteiger partial charge in [0.2, 0.25) is 18.4 Å². The Morgan fingerprint density at radius 1 is 1.08 bits per heavy atom. The molecule has 0 radical (unpaired) electrons. The number of phenols is 1. The van der Waals surface area contributed by atoms with Gasteiger partial charge < -0.3 is 44.9 Å². The van der Waals surface area contributed by atoms with Gasteiger partial charge in [-0.3, -0.25) is 4.79 Å². The monoisotopic (exact) mass is 500 g/mol. The van der Waals surface area contributed by atoms with Crippen LogP contribution in [0.2, 0.25) is 0 Å². The van der Waals surface area contributed by atoms with Crippen LogP contribution < -0.4 is 30.0 Å². The van der Waals surface area contributed by atoms with Crippen molar-refractivity contribution in [1.29, 1.82) is 0 Å². The van der Waals surface area contributed by atoms with Crippen LogP contribution in [-0.2, 0) is 9.53 Å². The first-order valence-corrected chi connectivity index (χ1v) is 12.1. The number of carbonyl (C=O) groups is 1. The SMILES string of the molecule is COc1cc([C@@H]2c3cc4c(cc3[C@@H](NC(=O)CCCCN)[C@H]3COC(O)[C@H]23)OCO4)cc(OC)c1O. The van der Waals surface area contributed by atoms with E-state index in [1.165, 1.54) is 14.2 Å². The molecule has 5 atom stereocenters. The molecule has 1 saturated heterocycles. The summed E-state index contributed by atoms with van der Waals surface area (Å²) in [6.45, 7) is 0.920. The molecule has 0 aromatic heterocycles. The Bertz CT molecular complexity index is 1110. The van der Waals surface area contributed by atoms with Crippen molar-refractivity contribution in [3.05, 3.63) is 41.0 Å². The predicted octanol–water partition coefficient (Wildman–Crippen LogP) is 2.15. The lowest BCUT2D eigenvalue weighted by Gasteiger charge is -2.41. The first-order valence-electron chi connectivity index (χ1n) is 12.1. The van der Waals surface area contributed by atoms with Crippen molar-refractivity contribution in [1.82, 2.24) is 5.32 Å². The number of nitrogens with two attached hydrogens (primary N) is 1. The number of aromatic hydroxyl groups is 1. The highest BCUT2D eigenvalue weighted by atomic mass is 16.7. The quantitative estimate of drug-likeness (QED) is 0.401. The highest BCUT2D eigenvalue weighted by Gasteiger charge is 2.52. The highest BCUT2D eigenvalue weighted by Crippen LogP contribution is 2.56. The number of benzene rings is 2. The van der Waals surface area contributed by atoms with Gasteiger partial charge in [0.25, 0.3) is 0 Å². The normalized spacial score (nSPS) is 25.7. The third kappa shape index (κ3) is 4.19. The summed E-state index contributed by atoms with van der Waals surface area (Å²) in [6, 6.07) is 6.91. The molecule has 3 aliphatic rings. The summed E-state index contributed by atoms with van der Waals surface area (Å²) < 4.78 is 27.9. The molecule has 5 rings (SSSR count). The van der Waals surface area contributed by atoms with E-state index in [1.54, 1.807) is 12.1 Å². The zero-order chi connectivity index (χ0) is 25.4. The largest absolute Gasteiger partial charge is 0.502 e. The fraction of sp³-hybridized carbons (Fsp3) is 0.500. The van der Waals surface area contributed by atoms with Gasteiger partial charge in [-0.1, -0.05) is 0 Å². The van der Waals surface area contributed by atoms with Gasteiger partial charge in [-0.05, 0) is 60.3 Å². The van der Waals surface area contributed by atoms with E-state index in [-0.39, 0.29) is 60.4 Å². The van der Waals surface area contributed by atoms with Gasteiger partial charge in [0.1, 0.15) is 0 Å². The molecule has 36 heavy (non-hydrogen) atoms. The number of carbonyl (C=O) groups excluding carboxylic acids is 1. The van der Waals surface area contributed by atoms with Crippen LogP contribution in [0, 0.1) is 11.8 Å². The van der Waals surface area contributed by atoms with E-state index >= 15 is 0 Å². The Hall–Kier alpha value is -3.21. The van der Waals surface area contributed by atoms with Gasteiger partial charge in [-0.2, -0.15) is 0 Å².